The lowest BCUT2D eigenvalue weighted by Gasteiger charge is -2.33. The molecular weight excluding hydrogens is 506 g/mol. The van der Waals surface area contributed by atoms with Crippen LogP contribution in [0.4, 0.5) is 0 Å². The van der Waals surface area contributed by atoms with Crippen LogP contribution in [0.25, 0.3) is 11.0 Å². The molecular formula is C31H35N5O4. The molecule has 4 aromatic rings. The van der Waals surface area contributed by atoms with Crippen molar-refractivity contribution >= 4 is 22.8 Å². The van der Waals surface area contributed by atoms with E-state index in [2.05, 4.69) is 15.6 Å². The van der Waals surface area contributed by atoms with Gasteiger partial charge in [-0.2, -0.15) is 0 Å². The highest BCUT2D eigenvalue weighted by Crippen LogP contribution is 2.32. The lowest BCUT2D eigenvalue weighted by molar-refractivity contribution is -0.141. The van der Waals surface area contributed by atoms with Gasteiger partial charge >= 0.3 is 0 Å². The number of phenols is 1. The fraction of sp³-hybridized carbons (Fsp3) is 0.355. The predicted molar refractivity (Wildman–Crippen MR) is 152 cm³/mol. The Labute approximate surface area is 233 Å². The van der Waals surface area contributed by atoms with E-state index in [9.17, 15) is 14.7 Å². The summed E-state index contributed by atoms with van der Waals surface area (Å²) >= 11 is 0. The highest BCUT2D eigenvalue weighted by Gasteiger charge is 2.33. The number of aromatic hydroxyl groups is 1. The number of para-hydroxylation sites is 1. The second-order valence-electron chi connectivity index (χ2n) is 10.2. The van der Waals surface area contributed by atoms with Crippen molar-refractivity contribution in [1.82, 2.24) is 25.2 Å². The van der Waals surface area contributed by atoms with Gasteiger partial charge in [-0.15, -0.1) is 5.10 Å². The van der Waals surface area contributed by atoms with Gasteiger partial charge in [0, 0.05) is 12.6 Å². The third-order valence-electron chi connectivity index (χ3n) is 7.54. The smallest absolute Gasteiger partial charge is 0.247 e. The minimum absolute atomic E-state index is 0.0564. The van der Waals surface area contributed by atoms with Crippen molar-refractivity contribution in [3.05, 3.63) is 83.9 Å². The van der Waals surface area contributed by atoms with E-state index in [0.717, 1.165) is 43.2 Å². The van der Waals surface area contributed by atoms with Crippen molar-refractivity contribution in [3.8, 4) is 11.5 Å². The molecule has 0 spiro atoms. The summed E-state index contributed by atoms with van der Waals surface area (Å²) in [7, 11) is 1.47. The van der Waals surface area contributed by atoms with Gasteiger partial charge in [0.05, 0.1) is 12.6 Å². The molecule has 9 nitrogen and oxygen atoms in total. The first-order chi connectivity index (χ1) is 19.5. The van der Waals surface area contributed by atoms with Crippen LogP contribution in [0.15, 0.2) is 72.8 Å². The Morgan fingerprint density at radius 2 is 1.80 bits per heavy atom. The molecule has 1 aliphatic carbocycles. The number of nitrogens with one attached hydrogen (secondary N) is 1. The molecule has 0 aliphatic heterocycles. The fourth-order valence-electron chi connectivity index (χ4n) is 5.42. The molecule has 1 aromatic heterocycles. The SMILES string of the molecule is COc1ccc([C@@H](C(=O)NC2CCCCC2)N(CCc2ccccc2)C(=O)Cn2nnc3ccccc32)cc1O. The molecule has 5 rings (SSSR count). The number of hydrogen-bond acceptors (Lipinski definition) is 6. The third-order valence-corrected chi connectivity index (χ3v) is 7.54. The predicted octanol–water partition coefficient (Wildman–Crippen LogP) is 4.41. The lowest BCUT2D eigenvalue weighted by atomic mass is 9.94. The van der Waals surface area contributed by atoms with Crippen molar-refractivity contribution in [2.45, 2.75) is 57.2 Å². The number of aromatic nitrogens is 3. The van der Waals surface area contributed by atoms with Crippen LogP contribution >= 0.6 is 0 Å². The maximum absolute atomic E-state index is 14.1. The quantitative estimate of drug-likeness (QED) is 0.308. The van der Waals surface area contributed by atoms with Gasteiger partial charge < -0.3 is 20.1 Å². The molecule has 1 heterocycles. The number of ether oxygens (including phenoxy) is 1. The summed E-state index contributed by atoms with van der Waals surface area (Å²) in [4.78, 5) is 29.7. The minimum atomic E-state index is -0.954. The number of carbonyl (C=O) groups excluding carboxylic acids is 2. The van der Waals surface area contributed by atoms with E-state index in [1.165, 1.54) is 13.2 Å². The monoisotopic (exact) mass is 541 g/mol. The van der Waals surface area contributed by atoms with Gasteiger partial charge in [-0.3, -0.25) is 9.59 Å². The van der Waals surface area contributed by atoms with Gasteiger partial charge in [0.2, 0.25) is 11.8 Å². The first kappa shape index (κ1) is 27.2. The standard InChI is InChI=1S/C31H35N5O4/c1-40-28-17-16-23(20-27(28)37)30(31(39)32-24-12-6-3-7-13-24)35(19-18-22-10-4-2-5-11-22)29(38)21-36-26-15-9-8-14-25(26)33-34-36/h2,4-5,8-11,14-17,20,24,30,37H,3,6-7,12-13,18-19,21H2,1H3,(H,32,39)/t30-/m0/s1. The summed E-state index contributed by atoms with van der Waals surface area (Å²) in [5.74, 6) is -0.327. The molecule has 0 saturated heterocycles. The van der Waals surface area contributed by atoms with Crippen molar-refractivity contribution in [3.63, 3.8) is 0 Å². The van der Waals surface area contributed by atoms with Gasteiger partial charge in [0.15, 0.2) is 11.5 Å². The summed E-state index contributed by atoms with van der Waals surface area (Å²) in [6, 6.07) is 21.3. The zero-order valence-electron chi connectivity index (χ0n) is 22.7. The van der Waals surface area contributed by atoms with E-state index >= 15 is 0 Å². The van der Waals surface area contributed by atoms with Gasteiger partial charge in [-0.1, -0.05) is 73.0 Å². The average Bonchev–Trinajstić information content (AvgIpc) is 3.38. The van der Waals surface area contributed by atoms with Gasteiger partial charge in [0.1, 0.15) is 18.1 Å². The number of carbonyl (C=O) groups is 2. The van der Waals surface area contributed by atoms with E-state index < -0.39 is 6.04 Å². The minimum Gasteiger partial charge on any atom is -0.504 e. The Hall–Kier alpha value is -4.40. The Kier molecular flexibility index (Phi) is 8.59. The van der Waals surface area contributed by atoms with Crippen LogP contribution in [-0.4, -0.2) is 56.5 Å². The summed E-state index contributed by atoms with van der Waals surface area (Å²) in [6.45, 7) is 0.218. The van der Waals surface area contributed by atoms with Gasteiger partial charge in [-0.25, -0.2) is 4.68 Å². The van der Waals surface area contributed by atoms with Crippen LogP contribution in [0.5, 0.6) is 11.5 Å². The molecule has 1 saturated carbocycles. The molecule has 1 fully saturated rings. The second-order valence-corrected chi connectivity index (χ2v) is 10.2. The molecule has 2 amide bonds. The largest absolute Gasteiger partial charge is 0.504 e. The van der Waals surface area contributed by atoms with Crippen LogP contribution in [0.2, 0.25) is 0 Å². The summed E-state index contributed by atoms with van der Waals surface area (Å²) in [5.41, 5.74) is 2.99. The molecule has 0 radical (unpaired) electrons. The Morgan fingerprint density at radius 1 is 1.05 bits per heavy atom. The Balaban J connectivity index is 1.50. The van der Waals surface area contributed by atoms with Crippen LogP contribution in [0, 0.1) is 0 Å². The number of methoxy groups -OCH3 is 1. The highest BCUT2D eigenvalue weighted by molar-refractivity contribution is 5.89. The maximum atomic E-state index is 14.1. The van der Waals surface area contributed by atoms with Crippen LogP contribution in [0.1, 0.15) is 49.3 Å². The molecule has 0 unspecified atom stereocenters. The number of phenolic OH excluding ortho intramolecular Hbond substituents is 1. The number of rotatable bonds is 10. The van der Waals surface area contributed by atoms with E-state index in [4.69, 9.17) is 4.74 Å². The third kappa shape index (κ3) is 6.25. The van der Waals surface area contributed by atoms with E-state index in [1.807, 2.05) is 54.6 Å². The summed E-state index contributed by atoms with van der Waals surface area (Å²) in [5, 5.41) is 22.2. The van der Waals surface area contributed by atoms with Crippen LogP contribution in [-0.2, 0) is 22.6 Å². The van der Waals surface area contributed by atoms with E-state index in [0.29, 0.717) is 29.8 Å². The van der Waals surface area contributed by atoms with Crippen molar-refractivity contribution < 1.29 is 19.4 Å². The number of fused-ring (bicyclic) bond motifs is 1. The molecule has 0 bridgehead atoms. The number of amides is 2. The van der Waals surface area contributed by atoms with E-state index in [1.54, 1.807) is 21.7 Å². The number of benzene rings is 3. The van der Waals surface area contributed by atoms with Crippen LogP contribution < -0.4 is 10.1 Å². The fourth-order valence-corrected chi connectivity index (χ4v) is 5.42. The normalized spacial score (nSPS) is 14.5. The van der Waals surface area contributed by atoms with Gasteiger partial charge in [-0.05, 0) is 54.7 Å². The number of nitrogens with zero attached hydrogens (tertiary/aromatic N) is 4. The first-order valence-corrected chi connectivity index (χ1v) is 13.8. The molecule has 2 N–H and O–H groups in total. The topological polar surface area (TPSA) is 110 Å². The Morgan fingerprint density at radius 3 is 2.55 bits per heavy atom. The molecule has 1 atom stereocenters. The summed E-state index contributed by atoms with van der Waals surface area (Å²) < 4.78 is 6.80. The second kappa shape index (κ2) is 12.6. The summed E-state index contributed by atoms with van der Waals surface area (Å²) in [6.07, 6.45) is 5.67. The maximum Gasteiger partial charge on any atom is 0.247 e. The molecule has 208 valence electrons. The van der Waals surface area contributed by atoms with E-state index in [-0.39, 0.29) is 30.2 Å². The highest BCUT2D eigenvalue weighted by atomic mass is 16.5. The molecule has 40 heavy (non-hydrogen) atoms. The van der Waals surface area contributed by atoms with Crippen molar-refractivity contribution in [2.75, 3.05) is 13.7 Å². The average molecular weight is 542 g/mol. The molecule has 3 aromatic carbocycles. The zero-order valence-corrected chi connectivity index (χ0v) is 22.7. The zero-order chi connectivity index (χ0) is 27.9. The lowest BCUT2D eigenvalue weighted by Crippen LogP contribution is -2.48. The molecule has 1 aliphatic rings. The number of hydrogen-bond donors (Lipinski definition) is 2. The van der Waals surface area contributed by atoms with Crippen LogP contribution in [0.3, 0.4) is 0 Å². The van der Waals surface area contributed by atoms with Crippen molar-refractivity contribution in [2.24, 2.45) is 0 Å². The molecule has 9 heteroatoms. The Bertz CT molecular complexity index is 1450. The van der Waals surface area contributed by atoms with Gasteiger partial charge in [0.25, 0.3) is 0 Å². The van der Waals surface area contributed by atoms with Crippen molar-refractivity contribution in [1.29, 1.82) is 0 Å². The first-order valence-electron chi connectivity index (χ1n) is 13.8.